The highest BCUT2D eigenvalue weighted by Gasteiger charge is 2.12. The molecule has 0 aliphatic carbocycles. The van der Waals surface area contributed by atoms with Gasteiger partial charge in [-0.2, -0.15) is 0 Å². The van der Waals surface area contributed by atoms with Crippen LogP contribution in [-0.4, -0.2) is 20.6 Å². The maximum atomic E-state index is 11.2. The monoisotopic (exact) mass is 197 g/mol. The van der Waals surface area contributed by atoms with Crippen molar-refractivity contribution >= 4 is 11.8 Å². The van der Waals surface area contributed by atoms with Crippen molar-refractivity contribution in [2.45, 2.75) is 19.9 Å². The molecule has 0 fully saturated rings. The van der Waals surface area contributed by atoms with E-state index in [-0.39, 0.29) is 11.4 Å². The molecular weight excluding hydrogens is 186 g/mol. The average Bonchev–Trinajstić information content (AvgIpc) is 2.11. The minimum atomic E-state index is -1.18. The van der Waals surface area contributed by atoms with E-state index in [2.05, 4.69) is 4.98 Å². The SMILES string of the molecule is CCCn1c(N)c(C(=O)O)cnc1=O. The van der Waals surface area contributed by atoms with Crippen LogP contribution in [-0.2, 0) is 6.54 Å². The molecular formula is C8H11N3O3. The molecule has 0 bridgehead atoms. The van der Waals surface area contributed by atoms with Crippen molar-refractivity contribution in [1.29, 1.82) is 0 Å². The van der Waals surface area contributed by atoms with Gasteiger partial charge in [0, 0.05) is 6.54 Å². The number of nitrogens with zero attached hydrogens (tertiary/aromatic N) is 2. The molecule has 1 heterocycles. The number of carboxylic acids is 1. The van der Waals surface area contributed by atoms with Crippen molar-refractivity contribution < 1.29 is 9.90 Å². The maximum Gasteiger partial charge on any atom is 0.349 e. The molecule has 3 N–H and O–H groups in total. The number of aromatic carboxylic acids is 1. The Kier molecular flexibility index (Phi) is 2.85. The number of hydrogen-bond acceptors (Lipinski definition) is 4. The van der Waals surface area contributed by atoms with Crippen molar-refractivity contribution in [3.63, 3.8) is 0 Å². The third kappa shape index (κ3) is 1.73. The van der Waals surface area contributed by atoms with E-state index in [1.54, 1.807) is 0 Å². The van der Waals surface area contributed by atoms with Crippen LogP contribution in [0.25, 0.3) is 0 Å². The van der Waals surface area contributed by atoms with E-state index in [4.69, 9.17) is 10.8 Å². The van der Waals surface area contributed by atoms with Crippen molar-refractivity contribution in [3.8, 4) is 0 Å². The Bertz CT molecular complexity index is 411. The molecule has 6 heteroatoms. The first-order valence-corrected chi connectivity index (χ1v) is 4.16. The van der Waals surface area contributed by atoms with Crippen LogP contribution in [0, 0.1) is 0 Å². The van der Waals surface area contributed by atoms with Crippen LogP contribution in [0.5, 0.6) is 0 Å². The molecule has 0 aliphatic heterocycles. The minimum Gasteiger partial charge on any atom is -0.478 e. The van der Waals surface area contributed by atoms with Crippen LogP contribution in [0.1, 0.15) is 23.7 Å². The Morgan fingerprint density at radius 3 is 2.86 bits per heavy atom. The number of hydrogen-bond donors (Lipinski definition) is 2. The largest absolute Gasteiger partial charge is 0.478 e. The van der Waals surface area contributed by atoms with E-state index in [9.17, 15) is 9.59 Å². The topological polar surface area (TPSA) is 98.2 Å². The molecule has 1 aromatic rings. The molecule has 0 saturated heterocycles. The summed E-state index contributed by atoms with van der Waals surface area (Å²) < 4.78 is 1.16. The highest BCUT2D eigenvalue weighted by Crippen LogP contribution is 2.07. The molecule has 14 heavy (non-hydrogen) atoms. The van der Waals surface area contributed by atoms with E-state index < -0.39 is 11.7 Å². The van der Waals surface area contributed by atoms with E-state index in [1.807, 2.05) is 6.92 Å². The molecule has 0 amide bonds. The number of nitrogen functional groups attached to an aromatic ring is 1. The van der Waals surface area contributed by atoms with Crippen LogP contribution < -0.4 is 11.4 Å². The van der Waals surface area contributed by atoms with Crippen LogP contribution in [0.3, 0.4) is 0 Å². The molecule has 6 nitrogen and oxygen atoms in total. The second-order valence-corrected chi connectivity index (χ2v) is 2.80. The summed E-state index contributed by atoms with van der Waals surface area (Å²) in [5, 5.41) is 8.71. The van der Waals surface area contributed by atoms with Gasteiger partial charge in [0.05, 0.1) is 6.20 Å². The molecule has 0 saturated carbocycles. The number of anilines is 1. The zero-order chi connectivity index (χ0) is 10.7. The molecule has 0 radical (unpaired) electrons. The second-order valence-electron chi connectivity index (χ2n) is 2.80. The van der Waals surface area contributed by atoms with Gasteiger partial charge in [-0.1, -0.05) is 6.92 Å². The van der Waals surface area contributed by atoms with Crippen molar-refractivity contribution in [3.05, 3.63) is 22.2 Å². The van der Waals surface area contributed by atoms with E-state index >= 15 is 0 Å². The Balaban J connectivity index is 3.33. The van der Waals surface area contributed by atoms with Gasteiger partial charge in [0.15, 0.2) is 0 Å². The first-order valence-electron chi connectivity index (χ1n) is 4.16. The van der Waals surface area contributed by atoms with Gasteiger partial charge in [-0.25, -0.2) is 14.6 Å². The zero-order valence-corrected chi connectivity index (χ0v) is 7.73. The molecule has 1 rings (SSSR count). The highest BCUT2D eigenvalue weighted by atomic mass is 16.4. The molecule has 0 atom stereocenters. The van der Waals surface area contributed by atoms with Crippen LogP contribution in [0.15, 0.2) is 11.0 Å². The smallest absolute Gasteiger partial charge is 0.349 e. The van der Waals surface area contributed by atoms with E-state index in [0.29, 0.717) is 13.0 Å². The summed E-state index contributed by atoms with van der Waals surface area (Å²) in [5.41, 5.74) is 4.85. The number of carbonyl (C=O) groups is 1. The predicted molar refractivity (Wildman–Crippen MR) is 50.2 cm³/mol. The highest BCUT2D eigenvalue weighted by molar-refractivity contribution is 5.92. The summed E-state index contributed by atoms with van der Waals surface area (Å²) in [7, 11) is 0. The summed E-state index contributed by atoms with van der Waals surface area (Å²) in [6.07, 6.45) is 1.67. The molecule has 0 aromatic carbocycles. The second kappa shape index (κ2) is 3.91. The Morgan fingerprint density at radius 2 is 2.36 bits per heavy atom. The standard InChI is InChI=1S/C8H11N3O3/c1-2-3-11-6(9)5(7(12)13)4-10-8(11)14/h4H,2-3,9H2,1H3,(H,12,13). The lowest BCUT2D eigenvalue weighted by atomic mass is 10.3. The van der Waals surface area contributed by atoms with Crippen molar-refractivity contribution in [2.24, 2.45) is 0 Å². The van der Waals surface area contributed by atoms with Gasteiger partial charge in [-0.05, 0) is 6.42 Å². The molecule has 1 aromatic heterocycles. The summed E-state index contributed by atoms with van der Waals surface area (Å²) in [4.78, 5) is 25.3. The average molecular weight is 197 g/mol. The fraction of sp³-hybridized carbons (Fsp3) is 0.375. The van der Waals surface area contributed by atoms with Gasteiger partial charge in [0.2, 0.25) is 0 Å². The molecule has 0 spiro atoms. The fourth-order valence-electron chi connectivity index (χ4n) is 1.11. The fourth-order valence-corrected chi connectivity index (χ4v) is 1.11. The van der Waals surface area contributed by atoms with Gasteiger partial charge in [0.1, 0.15) is 11.4 Å². The third-order valence-corrected chi connectivity index (χ3v) is 1.78. The summed E-state index contributed by atoms with van der Waals surface area (Å²) in [6.45, 7) is 2.23. The van der Waals surface area contributed by atoms with Gasteiger partial charge in [0.25, 0.3) is 0 Å². The van der Waals surface area contributed by atoms with Crippen LogP contribution in [0.2, 0.25) is 0 Å². The van der Waals surface area contributed by atoms with Gasteiger partial charge < -0.3 is 10.8 Å². The van der Waals surface area contributed by atoms with Gasteiger partial charge >= 0.3 is 11.7 Å². The van der Waals surface area contributed by atoms with Gasteiger partial charge in [-0.15, -0.1) is 0 Å². The molecule has 0 unspecified atom stereocenters. The van der Waals surface area contributed by atoms with Crippen LogP contribution >= 0.6 is 0 Å². The minimum absolute atomic E-state index is 0.0423. The first kappa shape index (κ1) is 10.2. The van der Waals surface area contributed by atoms with Gasteiger partial charge in [-0.3, -0.25) is 4.57 Å². The predicted octanol–water partition coefficient (Wildman–Crippen LogP) is -0.0663. The normalized spacial score (nSPS) is 10.1. The van der Waals surface area contributed by atoms with Crippen molar-refractivity contribution in [2.75, 3.05) is 5.73 Å². The Hall–Kier alpha value is -1.85. The number of aromatic nitrogens is 2. The lowest BCUT2D eigenvalue weighted by Crippen LogP contribution is -2.27. The number of nitrogens with two attached hydrogens (primary N) is 1. The summed E-state index contributed by atoms with van der Waals surface area (Å²) in [6, 6.07) is 0. The van der Waals surface area contributed by atoms with Crippen LogP contribution in [0.4, 0.5) is 5.82 Å². The summed E-state index contributed by atoms with van der Waals surface area (Å²) in [5.74, 6) is -1.22. The lowest BCUT2D eigenvalue weighted by Gasteiger charge is -2.08. The number of rotatable bonds is 3. The lowest BCUT2D eigenvalue weighted by molar-refractivity contribution is 0.0696. The van der Waals surface area contributed by atoms with E-state index in [0.717, 1.165) is 10.8 Å². The maximum absolute atomic E-state index is 11.2. The quantitative estimate of drug-likeness (QED) is 0.706. The molecule has 0 aliphatic rings. The Labute approximate surface area is 80.0 Å². The summed E-state index contributed by atoms with van der Waals surface area (Å²) >= 11 is 0. The molecule has 76 valence electrons. The zero-order valence-electron chi connectivity index (χ0n) is 7.73. The van der Waals surface area contributed by atoms with Crippen molar-refractivity contribution in [1.82, 2.24) is 9.55 Å². The Morgan fingerprint density at radius 1 is 1.71 bits per heavy atom. The number of carboxylic acid groups (broad SMARTS) is 1. The third-order valence-electron chi connectivity index (χ3n) is 1.78. The van der Waals surface area contributed by atoms with E-state index in [1.165, 1.54) is 0 Å². The first-order chi connectivity index (χ1) is 6.57.